The van der Waals surface area contributed by atoms with Crippen LogP contribution in [0.2, 0.25) is 0 Å². The largest absolute Gasteiger partial charge is 0.395 e. The van der Waals surface area contributed by atoms with Gasteiger partial charge in [-0.15, -0.1) is 0 Å². The average Bonchev–Trinajstić information content (AvgIpc) is 2.99. The summed E-state index contributed by atoms with van der Waals surface area (Å²) in [6.07, 6.45) is 1.44. The fraction of sp³-hybridized carbons (Fsp3) is 0.643. The molecule has 1 aromatic rings. The number of carbonyl (C=O) groups excluding carboxylic acids is 2. The first-order chi connectivity index (χ1) is 10.0. The van der Waals surface area contributed by atoms with Crippen molar-refractivity contribution in [3.63, 3.8) is 0 Å². The van der Waals surface area contributed by atoms with Gasteiger partial charge >= 0.3 is 0 Å². The van der Waals surface area contributed by atoms with E-state index in [0.29, 0.717) is 49.7 Å². The van der Waals surface area contributed by atoms with E-state index in [1.807, 2.05) is 18.7 Å². The number of aryl methyl sites for hydroxylation is 2. The summed E-state index contributed by atoms with van der Waals surface area (Å²) in [5.41, 5.74) is 7.65. The second-order valence-electron chi connectivity index (χ2n) is 5.69. The van der Waals surface area contributed by atoms with Crippen LogP contribution in [0.1, 0.15) is 35.9 Å². The number of piperazine rings is 1. The Morgan fingerprint density at radius 1 is 1.43 bits per heavy atom. The van der Waals surface area contributed by atoms with Crippen molar-refractivity contribution < 1.29 is 9.59 Å². The van der Waals surface area contributed by atoms with Crippen LogP contribution < -0.4 is 5.73 Å². The zero-order valence-electron chi connectivity index (χ0n) is 12.5. The van der Waals surface area contributed by atoms with E-state index >= 15 is 0 Å². The molecule has 2 saturated heterocycles. The molecule has 2 aliphatic rings. The number of anilines is 1. The number of hydrogen-bond donors (Lipinski definition) is 1. The van der Waals surface area contributed by atoms with Crippen LogP contribution in [-0.2, 0) is 11.3 Å². The van der Waals surface area contributed by atoms with E-state index in [1.165, 1.54) is 0 Å². The molecule has 21 heavy (non-hydrogen) atoms. The van der Waals surface area contributed by atoms with E-state index in [9.17, 15) is 9.59 Å². The summed E-state index contributed by atoms with van der Waals surface area (Å²) in [6, 6.07) is 0.163. The molecule has 2 amide bonds. The van der Waals surface area contributed by atoms with Crippen molar-refractivity contribution in [1.82, 2.24) is 19.6 Å². The van der Waals surface area contributed by atoms with Gasteiger partial charge in [0.25, 0.3) is 5.91 Å². The van der Waals surface area contributed by atoms with Crippen molar-refractivity contribution in [3.05, 3.63) is 11.4 Å². The highest BCUT2D eigenvalue weighted by Gasteiger charge is 2.38. The Kier molecular flexibility index (Phi) is 3.35. The molecule has 2 N–H and O–H groups in total. The molecule has 0 aliphatic carbocycles. The standard InChI is InChI=1S/C14H21N5O2/c1-3-19-13(12(15)9(2)16-19)14(21)17-6-7-18-10(8-17)4-5-11(18)20/h10H,3-8,15H2,1-2H3. The van der Waals surface area contributed by atoms with Gasteiger partial charge in [0.05, 0.1) is 11.4 Å². The molecule has 3 heterocycles. The van der Waals surface area contributed by atoms with Gasteiger partial charge < -0.3 is 15.5 Å². The summed E-state index contributed by atoms with van der Waals surface area (Å²) in [6.45, 7) is 6.14. The Bertz CT molecular complexity index is 594. The molecule has 2 aliphatic heterocycles. The first-order valence-electron chi connectivity index (χ1n) is 7.44. The van der Waals surface area contributed by atoms with Crippen molar-refractivity contribution in [2.24, 2.45) is 0 Å². The molecule has 2 fully saturated rings. The molecule has 0 aromatic carbocycles. The smallest absolute Gasteiger partial charge is 0.274 e. The lowest BCUT2D eigenvalue weighted by Gasteiger charge is -2.37. The van der Waals surface area contributed by atoms with Gasteiger partial charge in [-0.05, 0) is 20.3 Å². The number of aromatic nitrogens is 2. The molecule has 0 spiro atoms. The number of amides is 2. The predicted octanol–water partition coefficient (Wildman–Crippen LogP) is 0.240. The summed E-state index contributed by atoms with van der Waals surface area (Å²) >= 11 is 0. The third-order valence-electron chi connectivity index (χ3n) is 4.46. The van der Waals surface area contributed by atoms with E-state index in [0.717, 1.165) is 6.42 Å². The number of hydrogen-bond acceptors (Lipinski definition) is 4. The Labute approximate surface area is 123 Å². The topological polar surface area (TPSA) is 84.5 Å². The van der Waals surface area contributed by atoms with E-state index in [1.54, 1.807) is 9.58 Å². The number of carbonyl (C=O) groups is 2. The highest BCUT2D eigenvalue weighted by molar-refractivity contribution is 5.98. The molecule has 7 nitrogen and oxygen atoms in total. The van der Waals surface area contributed by atoms with Crippen molar-refractivity contribution in [2.75, 3.05) is 25.4 Å². The maximum Gasteiger partial charge on any atom is 0.274 e. The third kappa shape index (κ3) is 2.16. The van der Waals surface area contributed by atoms with Gasteiger partial charge in [0.15, 0.2) is 0 Å². The Balaban J connectivity index is 1.82. The number of nitrogens with two attached hydrogens (primary N) is 1. The molecule has 7 heteroatoms. The van der Waals surface area contributed by atoms with E-state index in [-0.39, 0.29) is 17.9 Å². The van der Waals surface area contributed by atoms with Crippen LogP contribution in [0.15, 0.2) is 0 Å². The molecule has 0 saturated carbocycles. The fourth-order valence-corrected chi connectivity index (χ4v) is 3.25. The van der Waals surface area contributed by atoms with Crippen molar-refractivity contribution >= 4 is 17.5 Å². The van der Waals surface area contributed by atoms with Crippen molar-refractivity contribution in [3.8, 4) is 0 Å². The highest BCUT2D eigenvalue weighted by Crippen LogP contribution is 2.25. The van der Waals surface area contributed by atoms with Gasteiger partial charge in [-0.25, -0.2) is 0 Å². The molecule has 1 aromatic heterocycles. The van der Waals surface area contributed by atoms with Crippen LogP contribution in [-0.4, -0.2) is 57.1 Å². The maximum atomic E-state index is 12.8. The monoisotopic (exact) mass is 291 g/mol. The fourth-order valence-electron chi connectivity index (χ4n) is 3.25. The minimum atomic E-state index is -0.0750. The highest BCUT2D eigenvalue weighted by atomic mass is 16.2. The molecule has 0 radical (unpaired) electrons. The Hall–Kier alpha value is -2.05. The van der Waals surface area contributed by atoms with Crippen molar-refractivity contribution in [1.29, 1.82) is 0 Å². The van der Waals surface area contributed by atoms with Crippen LogP contribution in [0.5, 0.6) is 0 Å². The minimum Gasteiger partial charge on any atom is -0.395 e. The lowest BCUT2D eigenvalue weighted by atomic mass is 10.1. The first-order valence-corrected chi connectivity index (χ1v) is 7.44. The van der Waals surface area contributed by atoms with Gasteiger partial charge in [0, 0.05) is 38.6 Å². The van der Waals surface area contributed by atoms with Crippen LogP contribution in [0, 0.1) is 6.92 Å². The number of rotatable bonds is 2. The minimum absolute atomic E-state index is 0.0750. The Morgan fingerprint density at radius 2 is 2.19 bits per heavy atom. The number of nitrogens with zero attached hydrogens (tertiary/aromatic N) is 4. The zero-order chi connectivity index (χ0) is 15.1. The lowest BCUT2D eigenvalue weighted by molar-refractivity contribution is -0.130. The SMILES string of the molecule is CCn1nc(C)c(N)c1C(=O)N1CCN2C(=O)CCC2C1. The normalized spacial score (nSPS) is 21.8. The van der Waals surface area contributed by atoms with Gasteiger partial charge in [0.1, 0.15) is 5.69 Å². The summed E-state index contributed by atoms with van der Waals surface area (Å²) in [4.78, 5) is 28.2. The lowest BCUT2D eigenvalue weighted by Crippen LogP contribution is -2.53. The summed E-state index contributed by atoms with van der Waals surface area (Å²) in [7, 11) is 0. The molecule has 0 bridgehead atoms. The van der Waals surface area contributed by atoms with Crippen LogP contribution >= 0.6 is 0 Å². The Morgan fingerprint density at radius 3 is 2.90 bits per heavy atom. The molecule has 3 rings (SSSR count). The molecular weight excluding hydrogens is 270 g/mol. The summed E-state index contributed by atoms with van der Waals surface area (Å²) in [5, 5.41) is 4.30. The summed E-state index contributed by atoms with van der Waals surface area (Å²) < 4.78 is 1.67. The van der Waals surface area contributed by atoms with Crippen LogP contribution in [0.25, 0.3) is 0 Å². The molecular formula is C14H21N5O2. The first kappa shape index (κ1) is 13.9. The van der Waals surface area contributed by atoms with E-state index in [4.69, 9.17) is 5.73 Å². The average molecular weight is 291 g/mol. The van der Waals surface area contributed by atoms with Crippen LogP contribution in [0.4, 0.5) is 5.69 Å². The van der Waals surface area contributed by atoms with E-state index in [2.05, 4.69) is 5.10 Å². The number of nitrogen functional groups attached to an aromatic ring is 1. The zero-order valence-corrected chi connectivity index (χ0v) is 12.5. The molecule has 114 valence electrons. The quantitative estimate of drug-likeness (QED) is 0.846. The van der Waals surface area contributed by atoms with Gasteiger partial charge in [-0.1, -0.05) is 0 Å². The predicted molar refractivity (Wildman–Crippen MR) is 77.7 cm³/mol. The maximum absolute atomic E-state index is 12.8. The van der Waals surface area contributed by atoms with Gasteiger partial charge in [-0.2, -0.15) is 5.10 Å². The third-order valence-corrected chi connectivity index (χ3v) is 4.46. The number of fused-ring (bicyclic) bond motifs is 1. The van der Waals surface area contributed by atoms with Crippen LogP contribution in [0.3, 0.4) is 0 Å². The second-order valence-corrected chi connectivity index (χ2v) is 5.69. The van der Waals surface area contributed by atoms with Crippen molar-refractivity contribution in [2.45, 2.75) is 39.3 Å². The summed E-state index contributed by atoms with van der Waals surface area (Å²) in [5.74, 6) is 0.134. The van der Waals surface area contributed by atoms with Gasteiger partial charge in [0.2, 0.25) is 5.91 Å². The molecule has 1 unspecified atom stereocenters. The van der Waals surface area contributed by atoms with E-state index < -0.39 is 0 Å². The second kappa shape index (κ2) is 5.05. The molecule has 1 atom stereocenters. The van der Waals surface area contributed by atoms with Gasteiger partial charge in [-0.3, -0.25) is 14.3 Å².